The standard InChI is InChI=1S/C18H30N6O2/c1-3-19-18(23-11-8-14(9-12-23)17(25)26-4-2)20-13-16-22-21-15-7-5-6-10-24(15)16/h14H,3-13H2,1-2H3,(H,19,20). The number of aromatic nitrogens is 3. The van der Waals surface area contributed by atoms with E-state index in [1.54, 1.807) is 0 Å². The molecule has 1 fully saturated rings. The van der Waals surface area contributed by atoms with Gasteiger partial charge in [0, 0.05) is 32.6 Å². The summed E-state index contributed by atoms with van der Waals surface area (Å²) in [5, 5.41) is 12.0. The first kappa shape index (κ1) is 18.7. The quantitative estimate of drug-likeness (QED) is 0.484. The molecular weight excluding hydrogens is 332 g/mol. The molecule has 0 unspecified atom stereocenters. The van der Waals surface area contributed by atoms with Crippen LogP contribution >= 0.6 is 0 Å². The highest BCUT2D eigenvalue weighted by Gasteiger charge is 2.27. The van der Waals surface area contributed by atoms with Crippen molar-refractivity contribution in [2.75, 3.05) is 26.2 Å². The zero-order chi connectivity index (χ0) is 18.4. The first-order valence-corrected chi connectivity index (χ1v) is 9.83. The molecule has 1 aromatic heterocycles. The Morgan fingerprint density at radius 1 is 1.23 bits per heavy atom. The second-order valence-corrected chi connectivity index (χ2v) is 6.82. The van der Waals surface area contributed by atoms with E-state index in [9.17, 15) is 4.79 Å². The van der Waals surface area contributed by atoms with Crippen LogP contribution in [0, 0.1) is 5.92 Å². The van der Waals surface area contributed by atoms with Crippen LogP contribution < -0.4 is 5.32 Å². The Kier molecular flexibility index (Phi) is 6.46. The average molecular weight is 362 g/mol. The number of ether oxygens (including phenoxy) is 1. The van der Waals surface area contributed by atoms with Crippen LogP contribution in [0.5, 0.6) is 0 Å². The molecule has 1 aromatic rings. The molecule has 1 saturated heterocycles. The van der Waals surface area contributed by atoms with Crippen LogP contribution in [0.4, 0.5) is 0 Å². The van der Waals surface area contributed by atoms with Crippen molar-refractivity contribution < 1.29 is 9.53 Å². The SMILES string of the molecule is CCNC(=NCc1nnc2n1CCCC2)N1CCC(C(=O)OCC)CC1. The molecule has 3 rings (SSSR count). The predicted octanol–water partition coefficient (Wildman–Crippen LogP) is 1.35. The number of fused-ring (bicyclic) bond motifs is 1. The molecule has 26 heavy (non-hydrogen) atoms. The summed E-state index contributed by atoms with van der Waals surface area (Å²) in [4.78, 5) is 18.9. The minimum absolute atomic E-state index is 0.0117. The van der Waals surface area contributed by atoms with Gasteiger partial charge in [-0.25, -0.2) is 4.99 Å². The lowest BCUT2D eigenvalue weighted by atomic mass is 9.97. The second-order valence-electron chi connectivity index (χ2n) is 6.82. The molecule has 144 valence electrons. The number of piperidine rings is 1. The minimum Gasteiger partial charge on any atom is -0.466 e. The summed E-state index contributed by atoms with van der Waals surface area (Å²) in [6.45, 7) is 8.34. The van der Waals surface area contributed by atoms with Gasteiger partial charge in [0.2, 0.25) is 0 Å². The predicted molar refractivity (Wildman–Crippen MR) is 98.7 cm³/mol. The van der Waals surface area contributed by atoms with Crippen LogP contribution in [-0.4, -0.2) is 57.8 Å². The number of carbonyl (C=O) groups is 1. The van der Waals surface area contributed by atoms with Gasteiger partial charge in [0.05, 0.1) is 12.5 Å². The molecule has 8 heteroatoms. The largest absolute Gasteiger partial charge is 0.466 e. The first-order valence-electron chi connectivity index (χ1n) is 9.83. The van der Waals surface area contributed by atoms with Gasteiger partial charge in [0.1, 0.15) is 12.4 Å². The van der Waals surface area contributed by atoms with Gasteiger partial charge < -0.3 is 19.5 Å². The zero-order valence-corrected chi connectivity index (χ0v) is 15.9. The van der Waals surface area contributed by atoms with Gasteiger partial charge in [-0.05, 0) is 39.5 Å². The zero-order valence-electron chi connectivity index (χ0n) is 15.9. The lowest BCUT2D eigenvalue weighted by Crippen LogP contribution is -2.46. The number of rotatable bonds is 5. The van der Waals surface area contributed by atoms with Gasteiger partial charge in [-0.1, -0.05) is 0 Å². The summed E-state index contributed by atoms with van der Waals surface area (Å²) in [5.74, 6) is 2.86. The smallest absolute Gasteiger partial charge is 0.309 e. The van der Waals surface area contributed by atoms with Gasteiger partial charge >= 0.3 is 5.97 Å². The number of carbonyl (C=O) groups excluding carboxylic acids is 1. The summed E-state index contributed by atoms with van der Waals surface area (Å²) >= 11 is 0. The van der Waals surface area contributed by atoms with Crippen LogP contribution in [0.3, 0.4) is 0 Å². The van der Waals surface area contributed by atoms with Crippen molar-refractivity contribution in [3.05, 3.63) is 11.6 Å². The molecule has 2 aliphatic rings. The lowest BCUT2D eigenvalue weighted by molar-refractivity contribution is -0.149. The maximum absolute atomic E-state index is 11.9. The summed E-state index contributed by atoms with van der Waals surface area (Å²) in [6, 6.07) is 0. The Morgan fingerprint density at radius 2 is 2.04 bits per heavy atom. The fourth-order valence-corrected chi connectivity index (χ4v) is 3.64. The maximum atomic E-state index is 11.9. The highest BCUT2D eigenvalue weighted by atomic mass is 16.5. The first-order chi connectivity index (χ1) is 12.7. The van der Waals surface area contributed by atoms with Crippen molar-refractivity contribution in [1.82, 2.24) is 25.0 Å². The fourth-order valence-electron chi connectivity index (χ4n) is 3.64. The van der Waals surface area contributed by atoms with E-state index in [4.69, 9.17) is 9.73 Å². The van der Waals surface area contributed by atoms with Crippen molar-refractivity contribution in [1.29, 1.82) is 0 Å². The number of hydrogen-bond acceptors (Lipinski definition) is 5. The number of aryl methyl sites for hydroxylation is 1. The lowest BCUT2D eigenvalue weighted by Gasteiger charge is -2.33. The van der Waals surface area contributed by atoms with Crippen LogP contribution in [0.25, 0.3) is 0 Å². The van der Waals surface area contributed by atoms with Crippen LogP contribution in [-0.2, 0) is 29.0 Å². The third-order valence-electron chi connectivity index (χ3n) is 5.06. The molecule has 0 amide bonds. The number of esters is 1. The molecule has 0 aromatic carbocycles. The van der Waals surface area contributed by atoms with E-state index in [2.05, 4.69) is 31.9 Å². The molecular formula is C18H30N6O2. The molecule has 0 radical (unpaired) electrons. The maximum Gasteiger partial charge on any atom is 0.309 e. The summed E-state index contributed by atoms with van der Waals surface area (Å²) in [7, 11) is 0. The van der Waals surface area contributed by atoms with Gasteiger partial charge in [0.15, 0.2) is 11.8 Å². The van der Waals surface area contributed by atoms with Crippen molar-refractivity contribution in [2.24, 2.45) is 10.9 Å². The summed E-state index contributed by atoms with van der Waals surface area (Å²) in [6.07, 6.45) is 5.01. The molecule has 3 heterocycles. The van der Waals surface area contributed by atoms with E-state index in [-0.39, 0.29) is 11.9 Å². The molecule has 0 bridgehead atoms. The van der Waals surface area contributed by atoms with Crippen molar-refractivity contribution in [3.8, 4) is 0 Å². The van der Waals surface area contributed by atoms with Gasteiger partial charge in [0.25, 0.3) is 0 Å². The highest BCUT2D eigenvalue weighted by molar-refractivity contribution is 5.80. The summed E-state index contributed by atoms with van der Waals surface area (Å²) < 4.78 is 7.36. The van der Waals surface area contributed by atoms with Crippen LogP contribution in [0.2, 0.25) is 0 Å². The Balaban J connectivity index is 1.61. The van der Waals surface area contributed by atoms with Crippen LogP contribution in [0.1, 0.15) is 51.2 Å². The van der Waals surface area contributed by atoms with E-state index >= 15 is 0 Å². The third kappa shape index (κ3) is 4.34. The normalized spacial score (nSPS) is 18.5. The number of aliphatic imine (C=N–C) groups is 1. The molecule has 8 nitrogen and oxygen atoms in total. The van der Waals surface area contributed by atoms with E-state index in [0.29, 0.717) is 13.2 Å². The van der Waals surface area contributed by atoms with Gasteiger partial charge in [-0.15, -0.1) is 10.2 Å². The van der Waals surface area contributed by atoms with E-state index in [0.717, 1.165) is 63.0 Å². The van der Waals surface area contributed by atoms with Gasteiger partial charge in [-0.2, -0.15) is 0 Å². The van der Waals surface area contributed by atoms with Crippen molar-refractivity contribution in [3.63, 3.8) is 0 Å². The number of likely N-dealkylation sites (tertiary alicyclic amines) is 1. The monoisotopic (exact) mass is 362 g/mol. The molecule has 0 atom stereocenters. The number of guanidine groups is 1. The van der Waals surface area contributed by atoms with E-state index in [1.807, 2.05) is 6.92 Å². The molecule has 0 aliphatic carbocycles. The highest BCUT2D eigenvalue weighted by Crippen LogP contribution is 2.19. The molecule has 0 saturated carbocycles. The number of nitrogens with zero attached hydrogens (tertiary/aromatic N) is 5. The molecule has 2 aliphatic heterocycles. The third-order valence-corrected chi connectivity index (χ3v) is 5.06. The number of hydrogen-bond donors (Lipinski definition) is 1. The summed E-state index contributed by atoms with van der Waals surface area (Å²) in [5.41, 5.74) is 0. The fraction of sp³-hybridized carbons (Fsp3) is 0.778. The minimum atomic E-state index is -0.0656. The van der Waals surface area contributed by atoms with Crippen LogP contribution in [0.15, 0.2) is 4.99 Å². The van der Waals surface area contributed by atoms with Crippen molar-refractivity contribution in [2.45, 2.75) is 59.0 Å². The Hall–Kier alpha value is -2.12. The van der Waals surface area contributed by atoms with E-state index < -0.39 is 0 Å². The second kappa shape index (κ2) is 9.00. The van der Waals surface area contributed by atoms with Crippen molar-refractivity contribution >= 4 is 11.9 Å². The Morgan fingerprint density at radius 3 is 2.77 bits per heavy atom. The topological polar surface area (TPSA) is 84.6 Å². The van der Waals surface area contributed by atoms with E-state index in [1.165, 1.54) is 12.8 Å². The number of nitrogens with one attached hydrogen (secondary N) is 1. The molecule has 0 spiro atoms. The average Bonchev–Trinajstić information content (AvgIpc) is 3.09. The molecule has 1 N–H and O–H groups in total. The Labute approximate surface area is 155 Å². The van der Waals surface area contributed by atoms with Gasteiger partial charge in [-0.3, -0.25) is 4.79 Å². The Bertz CT molecular complexity index is 634.